The van der Waals surface area contributed by atoms with E-state index >= 15 is 0 Å². The third-order valence-corrected chi connectivity index (χ3v) is 6.83. The monoisotopic (exact) mass is 278 g/mol. The average molecular weight is 278 g/mol. The fraction of sp³-hybridized carbons (Fsp3) is 0.524. The Morgan fingerprint density at radius 1 is 1.14 bits per heavy atom. The highest BCUT2D eigenvalue weighted by Crippen LogP contribution is 2.60. The van der Waals surface area contributed by atoms with E-state index in [0.29, 0.717) is 16.7 Å². The smallest absolute Gasteiger partial charge is 0.00280 e. The van der Waals surface area contributed by atoms with Crippen molar-refractivity contribution in [2.75, 3.05) is 0 Å². The molecule has 0 nitrogen and oxygen atoms in total. The first-order chi connectivity index (χ1) is 10.1. The van der Waals surface area contributed by atoms with Crippen LogP contribution in [-0.2, 0) is 0 Å². The van der Waals surface area contributed by atoms with Gasteiger partial charge in [0.1, 0.15) is 0 Å². The van der Waals surface area contributed by atoms with Gasteiger partial charge in [0.2, 0.25) is 0 Å². The standard InChI is InChI=1S/C21H26/c1-4-15-9-11-18-17-10-8-16-7-5-6-13-20(16,2)19(17)12-14-21(15,18)3/h5-11,15,19H,4,12-14H2,1-3H3/t15-,19-,20-,21+/m0/s1. The fourth-order valence-electron chi connectivity index (χ4n) is 5.36. The minimum atomic E-state index is 0.325. The van der Waals surface area contributed by atoms with Gasteiger partial charge in [-0.25, -0.2) is 0 Å². The fourth-order valence-corrected chi connectivity index (χ4v) is 5.36. The lowest BCUT2D eigenvalue weighted by atomic mass is 9.54. The van der Waals surface area contributed by atoms with Gasteiger partial charge in [0.05, 0.1) is 0 Å². The van der Waals surface area contributed by atoms with E-state index in [4.69, 9.17) is 0 Å². The van der Waals surface area contributed by atoms with E-state index in [1.165, 1.54) is 31.3 Å². The van der Waals surface area contributed by atoms with Crippen LogP contribution in [-0.4, -0.2) is 0 Å². The molecule has 4 atom stereocenters. The van der Waals surface area contributed by atoms with Crippen molar-refractivity contribution in [3.63, 3.8) is 0 Å². The minimum absolute atomic E-state index is 0.325. The molecule has 0 fully saturated rings. The zero-order valence-corrected chi connectivity index (χ0v) is 13.5. The number of hydrogen-bond donors (Lipinski definition) is 0. The molecule has 0 N–H and O–H groups in total. The van der Waals surface area contributed by atoms with E-state index < -0.39 is 0 Å². The lowest BCUT2D eigenvalue weighted by molar-refractivity contribution is 0.177. The minimum Gasteiger partial charge on any atom is -0.0836 e. The second kappa shape index (κ2) is 4.35. The van der Waals surface area contributed by atoms with E-state index in [1.54, 1.807) is 11.1 Å². The third kappa shape index (κ3) is 1.62. The van der Waals surface area contributed by atoms with Crippen LogP contribution in [0.15, 0.2) is 59.3 Å². The molecule has 4 aliphatic carbocycles. The Morgan fingerprint density at radius 2 is 2.00 bits per heavy atom. The molecule has 0 saturated heterocycles. The van der Waals surface area contributed by atoms with Crippen molar-refractivity contribution in [3.8, 4) is 0 Å². The largest absolute Gasteiger partial charge is 0.0836 e. The molecule has 4 rings (SSSR count). The molecule has 0 aliphatic heterocycles. The van der Waals surface area contributed by atoms with E-state index in [9.17, 15) is 0 Å². The van der Waals surface area contributed by atoms with E-state index in [2.05, 4.69) is 63.3 Å². The quantitative estimate of drug-likeness (QED) is 0.572. The molecule has 0 amide bonds. The van der Waals surface area contributed by atoms with Gasteiger partial charge < -0.3 is 0 Å². The maximum Gasteiger partial charge on any atom is 0.00280 e. The molecule has 0 spiro atoms. The molecule has 0 saturated carbocycles. The van der Waals surface area contributed by atoms with E-state index in [0.717, 1.165) is 5.92 Å². The average Bonchev–Trinajstić information content (AvgIpc) is 2.83. The number of hydrogen-bond acceptors (Lipinski definition) is 0. The van der Waals surface area contributed by atoms with Crippen molar-refractivity contribution in [1.82, 2.24) is 0 Å². The number of fused-ring (bicyclic) bond motifs is 4. The number of allylic oxidation sites excluding steroid dienone is 10. The van der Waals surface area contributed by atoms with Crippen LogP contribution in [0.4, 0.5) is 0 Å². The molecule has 0 heteroatoms. The maximum atomic E-state index is 2.50. The Hall–Kier alpha value is -1.30. The Morgan fingerprint density at radius 3 is 2.81 bits per heavy atom. The normalized spacial score (nSPS) is 43.5. The molecule has 110 valence electrons. The van der Waals surface area contributed by atoms with Crippen molar-refractivity contribution in [2.24, 2.45) is 22.7 Å². The Labute approximate surface area is 129 Å². The van der Waals surface area contributed by atoms with Crippen LogP contribution in [0.2, 0.25) is 0 Å². The topological polar surface area (TPSA) is 0 Å². The summed E-state index contributed by atoms with van der Waals surface area (Å²) in [5.41, 5.74) is 5.55. The van der Waals surface area contributed by atoms with E-state index in [1.807, 2.05) is 0 Å². The molecular weight excluding hydrogens is 252 g/mol. The summed E-state index contributed by atoms with van der Waals surface area (Å²) in [4.78, 5) is 0. The maximum absolute atomic E-state index is 2.50. The molecule has 0 heterocycles. The molecule has 0 aromatic rings. The van der Waals surface area contributed by atoms with Gasteiger partial charge in [-0.1, -0.05) is 63.3 Å². The van der Waals surface area contributed by atoms with Crippen molar-refractivity contribution in [3.05, 3.63) is 59.3 Å². The lowest BCUT2D eigenvalue weighted by Crippen LogP contribution is -2.39. The Bertz CT molecular complexity index is 624. The predicted octanol–water partition coefficient (Wildman–Crippen LogP) is 5.76. The Balaban J connectivity index is 1.86. The third-order valence-electron chi connectivity index (χ3n) is 6.83. The molecule has 4 aliphatic rings. The first-order valence-electron chi connectivity index (χ1n) is 8.58. The SMILES string of the molecule is CC[C@H]1C=CC2=C3C=CC4=CC=CC[C@]4(C)[C@H]3CC[C@@]21C. The van der Waals surface area contributed by atoms with Crippen LogP contribution >= 0.6 is 0 Å². The van der Waals surface area contributed by atoms with Gasteiger partial charge >= 0.3 is 0 Å². The van der Waals surface area contributed by atoms with Gasteiger partial charge in [-0.15, -0.1) is 0 Å². The highest BCUT2D eigenvalue weighted by atomic mass is 14.5. The molecular formula is C21H26. The summed E-state index contributed by atoms with van der Waals surface area (Å²) in [5, 5.41) is 0. The van der Waals surface area contributed by atoms with Crippen molar-refractivity contribution < 1.29 is 0 Å². The first kappa shape index (κ1) is 13.4. The van der Waals surface area contributed by atoms with Crippen LogP contribution < -0.4 is 0 Å². The van der Waals surface area contributed by atoms with Gasteiger partial charge in [-0.05, 0) is 59.7 Å². The van der Waals surface area contributed by atoms with Gasteiger partial charge in [0.25, 0.3) is 0 Å². The summed E-state index contributed by atoms with van der Waals surface area (Å²) >= 11 is 0. The first-order valence-corrected chi connectivity index (χ1v) is 8.58. The van der Waals surface area contributed by atoms with Crippen molar-refractivity contribution >= 4 is 0 Å². The van der Waals surface area contributed by atoms with Gasteiger partial charge in [-0.2, -0.15) is 0 Å². The van der Waals surface area contributed by atoms with Gasteiger partial charge in [0, 0.05) is 5.41 Å². The summed E-state index contributed by atoms with van der Waals surface area (Å²) in [6, 6.07) is 0. The number of rotatable bonds is 1. The molecule has 0 unspecified atom stereocenters. The van der Waals surface area contributed by atoms with Crippen molar-refractivity contribution in [2.45, 2.75) is 46.5 Å². The molecule has 0 aromatic carbocycles. The zero-order chi connectivity index (χ0) is 14.7. The lowest BCUT2D eigenvalue weighted by Gasteiger charge is -2.50. The van der Waals surface area contributed by atoms with Crippen LogP contribution in [0.5, 0.6) is 0 Å². The van der Waals surface area contributed by atoms with Gasteiger partial charge in [0.15, 0.2) is 0 Å². The van der Waals surface area contributed by atoms with Crippen LogP contribution in [0, 0.1) is 22.7 Å². The van der Waals surface area contributed by atoms with Gasteiger partial charge in [-0.3, -0.25) is 0 Å². The summed E-state index contributed by atoms with van der Waals surface area (Å²) in [6.07, 6.45) is 21.8. The van der Waals surface area contributed by atoms with Crippen LogP contribution in [0.1, 0.15) is 46.5 Å². The molecule has 0 bridgehead atoms. The zero-order valence-electron chi connectivity index (χ0n) is 13.5. The van der Waals surface area contributed by atoms with Crippen LogP contribution in [0.25, 0.3) is 0 Å². The second-order valence-corrected chi connectivity index (χ2v) is 7.76. The van der Waals surface area contributed by atoms with E-state index in [-0.39, 0.29) is 0 Å². The molecule has 0 aromatic heterocycles. The highest BCUT2D eigenvalue weighted by molar-refractivity contribution is 5.53. The summed E-state index contributed by atoms with van der Waals surface area (Å²) < 4.78 is 0. The molecule has 21 heavy (non-hydrogen) atoms. The van der Waals surface area contributed by atoms with Crippen molar-refractivity contribution in [1.29, 1.82) is 0 Å². The molecule has 0 radical (unpaired) electrons. The summed E-state index contributed by atoms with van der Waals surface area (Å²) in [5.74, 6) is 1.45. The Kier molecular flexibility index (Phi) is 2.77. The summed E-state index contributed by atoms with van der Waals surface area (Å²) in [6.45, 7) is 7.32. The second-order valence-electron chi connectivity index (χ2n) is 7.76. The summed E-state index contributed by atoms with van der Waals surface area (Å²) in [7, 11) is 0. The highest BCUT2D eigenvalue weighted by Gasteiger charge is 2.49. The predicted molar refractivity (Wildman–Crippen MR) is 89.9 cm³/mol. The van der Waals surface area contributed by atoms with Crippen LogP contribution in [0.3, 0.4) is 0 Å².